The van der Waals surface area contributed by atoms with Gasteiger partial charge in [-0.15, -0.1) is 0 Å². The first-order chi connectivity index (χ1) is 7.20. The molecule has 0 saturated carbocycles. The summed E-state index contributed by atoms with van der Waals surface area (Å²) in [5.41, 5.74) is 0. The Morgan fingerprint density at radius 2 is 1.93 bits per heavy atom. The molecule has 6 heteroatoms. The molecule has 15 heavy (non-hydrogen) atoms. The van der Waals surface area contributed by atoms with Gasteiger partial charge in [0.25, 0.3) is 0 Å². The first-order valence-corrected chi connectivity index (χ1v) is 6.70. The third kappa shape index (κ3) is 9.71. The topological polar surface area (TPSA) is 77.4 Å². The Hall–Kier alpha value is -0.588. The molecular weight excluding hydrogens is 230 g/mol. The van der Waals surface area contributed by atoms with E-state index in [-0.39, 0.29) is 15.2 Å². The van der Waals surface area contributed by atoms with Crippen molar-refractivity contribution in [2.45, 2.75) is 11.7 Å². The second kappa shape index (κ2) is 9.95. The zero-order chi connectivity index (χ0) is 11.5. The molecule has 0 saturated heterocycles. The van der Waals surface area contributed by atoms with Crippen LogP contribution in [0.4, 0.5) is 0 Å². The molecule has 1 unspecified atom stereocenters. The van der Waals surface area contributed by atoms with Gasteiger partial charge in [-0.05, 0) is 8.69 Å². The number of benzene rings is 1. The van der Waals surface area contributed by atoms with Crippen molar-refractivity contribution in [2.24, 2.45) is 0 Å². The summed E-state index contributed by atoms with van der Waals surface area (Å²) in [5.74, 6) is -0.696. The number of rotatable bonds is 4. The van der Waals surface area contributed by atoms with Crippen molar-refractivity contribution in [3.8, 4) is 0 Å². The molecule has 1 aromatic carbocycles. The van der Waals surface area contributed by atoms with Crippen molar-refractivity contribution in [3.63, 3.8) is 0 Å². The second-order valence-corrected chi connectivity index (χ2v) is 4.49. The summed E-state index contributed by atoms with van der Waals surface area (Å²) in [6, 6.07) is 10.1. The molecule has 0 aromatic heterocycles. The molecule has 0 aliphatic rings. The Morgan fingerprint density at radius 1 is 1.40 bits per heavy atom. The summed E-state index contributed by atoms with van der Waals surface area (Å²) < 4.78 is 9.75. The third-order valence-corrected chi connectivity index (χ3v) is 2.97. The summed E-state index contributed by atoms with van der Waals surface area (Å²) in [6.45, 7) is 0. The number of hydrogen-bond donors (Lipinski definition) is 1. The Bertz CT molecular complexity index is 291. The molecule has 4 nitrogen and oxygen atoms in total. The van der Waals surface area contributed by atoms with Crippen LogP contribution >= 0.6 is 8.69 Å². The second-order valence-electron chi connectivity index (χ2n) is 2.64. The molecule has 0 amide bonds. The summed E-state index contributed by atoms with van der Waals surface area (Å²) in [4.78, 5) is 18.7. The molecular formula is C9H12AlO4P. The normalized spacial score (nSPS) is 9.13. The van der Waals surface area contributed by atoms with Gasteiger partial charge in [0.05, 0.1) is 0 Å². The largest absolute Gasteiger partial charge is 0.804 e. The van der Waals surface area contributed by atoms with E-state index in [4.69, 9.17) is 14.6 Å². The van der Waals surface area contributed by atoms with Crippen LogP contribution in [0.2, 0.25) is 5.28 Å². The van der Waals surface area contributed by atoms with Crippen LogP contribution < -0.4 is 9.32 Å². The van der Waals surface area contributed by atoms with Crippen LogP contribution in [0.25, 0.3) is 0 Å². The number of hydrogen-bond acceptors (Lipinski definition) is 3. The first kappa shape index (κ1) is 14.4. The van der Waals surface area contributed by atoms with Gasteiger partial charge in [-0.25, -0.2) is 0 Å². The van der Waals surface area contributed by atoms with Crippen molar-refractivity contribution in [3.05, 3.63) is 30.3 Å². The van der Waals surface area contributed by atoms with Crippen molar-refractivity contribution in [1.82, 2.24) is 0 Å². The zero-order valence-electron chi connectivity index (χ0n) is 8.13. The van der Waals surface area contributed by atoms with Gasteiger partial charge in [0.1, 0.15) is 0 Å². The van der Waals surface area contributed by atoms with Crippen LogP contribution in [0, 0.1) is 0 Å². The van der Waals surface area contributed by atoms with Gasteiger partial charge in [0.2, 0.25) is 0 Å². The van der Waals surface area contributed by atoms with E-state index in [9.17, 15) is 4.79 Å². The molecule has 0 bridgehead atoms. The van der Waals surface area contributed by atoms with Gasteiger partial charge in [0, 0.05) is 0 Å². The van der Waals surface area contributed by atoms with E-state index in [1.165, 1.54) is 4.43 Å². The minimum atomic E-state index is -1.75. The summed E-state index contributed by atoms with van der Waals surface area (Å²) in [7, 11) is -1.75. The molecule has 1 N–H and O–H groups in total. The number of carboxylic acid groups (broad SMARTS) is 1. The Balaban J connectivity index is 0.000000583. The fourth-order valence-corrected chi connectivity index (χ4v) is 2.17. The Labute approximate surface area is 95.9 Å². The van der Waals surface area contributed by atoms with Gasteiger partial charge in [-0.2, -0.15) is 0 Å². The van der Waals surface area contributed by atoms with Gasteiger partial charge in [0.15, 0.2) is 0 Å². The maximum atomic E-state index is 10.2. The van der Waals surface area contributed by atoms with Crippen molar-refractivity contribution in [2.75, 3.05) is 0 Å². The van der Waals surface area contributed by atoms with Gasteiger partial charge < -0.3 is 9.46 Å². The molecule has 1 rings (SSSR count). The average molecular weight is 242 g/mol. The third-order valence-electron chi connectivity index (χ3n) is 1.54. The summed E-state index contributed by atoms with van der Waals surface area (Å²) >= 11 is 0.141. The van der Waals surface area contributed by atoms with Crippen LogP contribution in [0.1, 0.15) is 6.42 Å². The molecule has 0 spiro atoms. The van der Waals surface area contributed by atoms with Gasteiger partial charge in [-0.1, -0.05) is 0 Å². The van der Waals surface area contributed by atoms with Crippen LogP contribution in [-0.4, -0.2) is 26.3 Å². The van der Waals surface area contributed by atoms with E-state index in [1.807, 2.05) is 18.2 Å². The van der Waals surface area contributed by atoms with E-state index in [0.29, 0.717) is 6.42 Å². The van der Waals surface area contributed by atoms with E-state index in [2.05, 4.69) is 12.1 Å². The number of aliphatic carboxylic acids is 1. The fourth-order valence-electron chi connectivity index (χ4n) is 0.951. The molecule has 1 atom stereocenters. The standard InChI is InChI=1S/C6H5.C3H5O2.Al.H3O2P/c1-2-4-6-5-3-1;1-2-3(4)5;;1-3-2/h1-5H;1-2H2,(H,4,5);;3H2,(H,1,2)/q;;+1;/p-1. The van der Waals surface area contributed by atoms with Crippen LogP contribution in [-0.2, 0) is 9.36 Å². The summed E-state index contributed by atoms with van der Waals surface area (Å²) in [5, 5.41) is 9.21. The Kier molecular flexibility index (Phi) is 9.56. The van der Waals surface area contributed by atoms with Crippen molar-refractivity contribution in [1.29, 1.82) is 0 Å². The molecule has 80 valence electrons. The predicted molar refractivity (Wildman–Crippen MR) is 59.3 cm³/mol. The van der Waals surface area contributed by atoms with E-state index < -0.39 is 14.7 Å². The fraction of sp³-hybridized carbons (Fsp3) is 0.222. The van der Waals surface area contributed by atoms with Crippen molar-refractivity contribution >= 4 is 34.3 Å². The monoisotopic (exact) mass is 242 g/mol. The molecule has 0 aliphatic heterocycles. The molecule has 0 aliphatic carbocycles. The average Bonchev–Trinajstić information content (AvgIpc) is 2.20. The summed E-state index contributed by atoms with van der Waals surface area (Å²) in [6.07, 6.45) is 0.296. The zero-order valence-corrected chi connectivity index (χ0v) is 10.4. The minimum Gasteiger partial charge on any atom is -0.804 e. The number of carboxylic acids is 1. The van der Waals surface area contributed by atoms with Crippen LogP contribution in [0.5, 0.6) is 0 Å². The maximum Gasteiger partial charge on any atom is -0.0110 e. The Morgan fingerprint density at radius 3 is 2.40 bits per heavy atom. The SMILES string of the molecule is O=C(O)C[CH2][Al+][c]1ccccc1.O=[PH2][O-]. The van der Waals surface area contributed by atoms with Crippen molar-refractivity contribution < 1.29 is 19.4 Å². The smallest absolute Gasteiger partial charge is 0.0110 e. The van der Waals surface area contributed by atoms with E-state index in [0.717, 1.165) is 5.28 Å². The predicted octanol–water partition coefficient (Wildman–Crippen LogP) is -0.0729. The molecule has 0 radical (unpaired) electrons. The van der Waals surface area contributed by atoms with Gasteiger partial charge in [-0.3, -0.25) is 0 Å². The molecule has 0 fully saturated rings. The maximum absolute atomic E-state index is 10.2. The number of carbonyl (C=O) groups is 1. The van der Waals surface area contributed by atoms with Gasteiger partial charge >= 0.3 is 77.6 Å². The minimum absolute atomic E-state index is 0.141. The van der Waals surface area contributed by atoms with Crippen LogP contribution in [0.3, 0.4) is 0 Å². The van der Waals surface area contributed by atoms with E-state index in [1.54, 1.807) is 0 Å². The van der Waals surface area contributed by atoms with E-state index >= 15 is 0 Å². The molecule has 1 aromatic rings. The quantitative estimate of drug-likeness (QED) is 0.592. The molecule has 0 heterocycles. The van der Waals surface area contributed by atoms with Crippen LogP contribution in [0.15, 0.2) is 30.3 Å². The first-order valence-electron chi connectivity index (χ1n) is 4.36.